The van der Waals surface area contributed by atoms with Crippen molar-refractivity contribution >= 4 is 3.87 Å². The van der Waals surface area contributed by atoms with Crippen LogP contribution in [0.25, 0.3) is 0 Å². The van der Waals surface area contributed by atoms with Crippen molar-refractivity contribution in [1.29, 1.82) is 0 Å². The van der Waals surface area contributed by atoms with Gasteiger partial charge in [-0.15, -0.1) is 0 Å². The van der Waals surface area contributed by atoms with Gasteiger partial charge in [-0.2, -0.15) is 0 Å². The van der Waals surface area contributed by atoms with Crippen LogP contribution in [0, 0.1) is 27.7 Å². The first-order chi connectivity index (χ1) is 7.59. The van der Waals surface area contributed by atoms with Crippen molar-refractivity contribution in [3.63, 3.8) is 0 Å². The van der Waals surface area contributed by atoms with Gasteiger partial charge in [0.1, 0.15) is 0 Å². The molecule has 0 fully saturated rings. The fraction of sp³-hybridized carbons (Fsp3) is 0.333. The monoisotopic (exact) mass is 246 g/mol. The average Bonchev–Trinajstić information content (AvgIpc) is 2.76. The summed E-state index contributed by atoms with van der Waals surface area (Å²) in [6, 6.07) is 2.41. The molecule has 0 amide bonds. The minimum atomic E-state index is -0.0905. The standard InChI is InChI=1S/C10H13.C5H5.Ti/c1-7-5-6-8(2)10(4)9(7)3;1-2-4-5-3-1;/h5H,1-4H3;1-3H,4H2;. The van der Waals surface area contributed by atoms with Crippen LogP contribution >= 0.6 is 0 Å². The summed E-state index contributed by atoms with van der Waals surface area (Å²) < 4.78 is 3.28. The zero-order chi connectivity index (χ0) is 11.7. The van der Waals surface area contributed by atoms with Gasteiger partial charge in [0.25, 0.3) is 0 Å². The first-order valence-corrected chi connectivity index (χ1v) is 7.36. The van der Waals surface area contributed by atoms with Crippen LogP contribution in [0.15, 0.2) is 28.2 Å². The zero-order valence-corrected chi connectivity index (χ0v) is 12.1. The third-order valence-electron chi connectivity index (χ3n) is 3.55. The Morgan fingerprint density at radius 1 is 1.00 bits per heavy atom. The number of benzene rings is 1. The molecule has 0 heterocycles. The van der Waals surface area contributed by atoms with Gasteiger partial charge >= 0.3 is 108 Å². The normalized spacial score (nSPS) is 14.1. The molecule has 0 aliphatic heterocycles. The molecule has 0 saturated heterocycles. The summed E-state index contributed by atoms with van der Waals surface area (Å²) in [6.45, 7) is 9.01. The second-order valence-corrected chi connectivity index (χ2v) is 6.80. The van der Waals surface area contributed by atoms with Crippen LogP contribution in [0.4, 0.5) is 0 Å². The Bertz CT molecular complexity index is 479. The van der Waals surface area contributed by atoms with E-state index in [1.54, 1.807) is 7.75 Å². The van der Waals surface area contributed by atoms with Crippen molar-refractivity contribution in [2.45, 2.75) is 34.1 Å². The van der Waals surface area contributed by atoms with E-state index in [4.69, 9.17) is 0 Å². The number of hydrogen-bond donors (Lipinski definition) is 0. The molecule has 1 aromatic carbocycles. The molecule has 0 bridgehead atoms. The molecule has 1 aliphatic carbocycles. The van der Waals surface area contributed by atoms with E-state index in [1.807, 2.05) is 0 Å². The number of aryl methyl sites for hydroxylation is 1. The Hall–Kier alpha value is -0.586. The van der Waals surface area contributed by atoms with E-state index in [-0.39, 0.29) is 19.2 Å². The minimum absolute atomic E-state index is 0.0905. The van der Waals surface area contributed by atoms with E-state index < -0.39 is 0 Å². The number of allylic oxidation sites excluding steroid dienone is 4. The average molecular weight is 246 g/mol. The molecule has 0 saturated carbocycles. The SMILES string of the molecule is Cc1c[c]([Ti][C]2=CC=CC2)c(C)c(C)c1C. The van der Waals surface area contributed by atoms with Gasteiger partial charge in [-0.1, -0.05) is 0 Å². The summed E-state index contributed by atoms with van der Waals surface area (Å²) in [5, 5.41) is 0. The quantitative estimate of drug-likeness (QED) is 0.701. The van der Waals surface area contributed by atoms with E-state index in [2.05, 4.69) is 52.0 Å². The summed E-state index contributed by atoms with van der Waals surface area (Å²) in [5.74, 6) is 0. The van der Waals surface area contributed by atoms with Gasteiger partial charge in [-0.05, 0) is 0 Å². The molecule has 2 rings (SSSR count). The van der Waals surface area contributed by atoms with Gasteiger partial charge in [0.2, 0.25) is 0 Å². The van der Waals surface area contributed by atoms with E-state index >= 15 is 0 Å². The molecule has 1 aromatic rings. The van der Waals surface area contributed by atoms with Crippen LogP contribution in [0.3, 0.4) is 0 Å². The first-order valence-electron chi connectivity index (χ1n) is 5.79. The van der Waals surface area contributed by atoms with Crippen molar-refractivity contribution in [1.82, 2.24) is 0 Å². The molecule has 0 radical (unpaired) electrons. The molecule has 1 aliphatic rings. The van der Waals surface area contributed by atoms with Gasteiger partial charge in [-0.3, -0.25) is 0 Å². The third-order valence-corrected chi connectivity index (χ3v) is 5.86. The van der Waals surface area contributed by atoms with Gasteiger partial charge in [0.15, 0.2) is 0 Å². The fourth-order valence-corrected chi connectivity index (χ4v) is 4.26. The molecule has 0 spiro atoms. The third kappa shape index (κ3) is 2.23. The van der Waals surface area contributed by atoms with E-state index in [0.717, 1.165) is 0 Å². The van der Waals surface area contributed by atoms with Crippen molar-refractivity contribution < 1.29 is 19.2 Å². The Labute approximate surface area is 107 Å². The van der Waals surface area contributed by atoms with E-state index in [9.17, 15) is 0 Å². The summed E-state index contributed by atoms with van der Waals surface area (Å²) >= 11 is -0.0905. The van der Waals surface area contributed by atoms with Gasteiger partial charge in [0, 0.05) is 0 Å². The molecule has 1 heteroatoms. The Balaban J connectivity index is 2.34. The van der Waals surface area contributed by atoms with Gasteiger partial charge in [-0.25, -0.2) is 0 Å². The van der Waals surface area contributed by atoms with Crippen molar-refractivity contribution in [3.8, 4) is 0 Å². The maximum absolute atomic E-state index is 2.41. The Kier molecular flexibility index (Phi) is 3.51. The molecular weight excluding hydrogens is 228 g/mol. The molecule has 0 atom stereocenters. The van der Waals surface area contributed by atoms with Crippen molar-refractivity contribution in [2.24, 2.45) is 0 Å². The van der Waals surface area contributed by atoms with Crippen LogP contribution in [0.2, 0.25) is 0 Å². The molecule has 0 unspecified atom stereocenters. The maximum atomic E-state index is 2.41. The van der Waals surface area contributed by atoms with E-state index in [1.165, 1.54) is 28.7 Å². The number of hydrogen-bond acceptors (Lipinski definition) is 0. The van der Waals surface area contributed by atoms with Crippen LogP contribution in [-0.2, 0) is 19.2 Å². The second kappa shape index (κ2) is 4.73. The molecule has 16 heavy (non-hydrogen) atoms. The van der Waals surface area contributed by atoms with Crippen LogP contribution < -0.4 is 3.87 Å². The zero-order valence-electron chi connectivity index (χ0n) is 10.5. The first kappa shape index (κ1) is 11.9. The summed E-state index contributed by atoms with van der Waals surface area (Å²) in [5.41, 5.74) is 5.93. The summed E-state index contributed by atoms with van der Waals surface area (Å²) in [4.78, 5) is 0. The van der Waals surface area contributed by atoms with Gasteiger partial charge in [0.05, 0.1) is 0 Å². The van der Waals surface area contributed by atoms with Crippen molar-refractivity contribution in [3.05, 3.63) is 50.4 Å². The molecule has 0 nitrogen and oxygen atoms in total. The number of rotatable bonds is 2. The van der Waals surface area contributed by atoms with Crippen molar-refractivity contribution in [2.75, 3.05) is 0 Å². The summed E-state index contributed by atoms with van der Waals surface area (Å²) in [7, 11) is 0. The summed E-state index contributed by atoms with van der Waals surface area (Å²) in [6.07, 6.45) is 7.96. The van der Waals surface area contributed by atoms with Crippen LogP contribution in [0.5, 0.6) is 0 Å². The topological polar surface area (TPSA) is 0 Å². The predicted molar refractivity (Wildman–Crippen MR) is 66.9 cm³/mol. The predicted octanol–water partition coefficient (Wildman–Crippen LogP) is 3.47. The van der Waals surface area contributed by atoms with Crippen LogP contribution in [0.1, 0.15) is 28.7 Å². The molecule has 0 N–H and O–H groups in total. The Morgan fingerprint density at radius 3 is 2.38 bits per heavy atom. The van der Waals surface area contributed by atoms with Gasteiger partial charge < -0.3 is 0 Å². The van der Waals surface area contributed by atoms with E-state index in [0.29, 0.717) is 0 Å². The molecular formula is C15H18Ti. The van der Waals surface area contributed by atoms with Crippen LogP contribution in [-0.4, -0.2) is 0 Å². The second-order valence-electron chi connectivity index (χ2n) is 4.57. The molecule has 82 valence electrons. The fourth-order valence-electron chi connectivity index (χ4n) is 2.05. The Morgan fingerprint density at radius 2 is 1.75 bits per heavy atom. The molecule has 0 aromatic heterocycles.